The number of nitrogens with two attached hydrogens (primary N) is 2. The third-order valence-corrected chi connectivity index (χ3v) is 7.94. The SMILES string of the molecule is Nc1cc(S/C=C/C2=C(C(=O)O)N3C(=O)[C@@H](NC(=O)C(=NO)c4nc(N)sc4Cl)[C@H]3SC2)nc(=O)[nH]1. The number of aliphatic carboxylic acids is 1. The highest BCUT2D eigenvalue weighted by molar-refractivity contribution is 8.02. The average molecular weight is 571 g/mol. The molecule has 0 bridgehead atoms. The van der Waals surface area contributed by atoms with Crippen molar-refractivity contribution >= 4 is 80.9 Å². The van der Waals surface area contributed by atoms with Gasteiger partial charge in [0.05, 0.1) is 0 Å². The number of allylic oxidation sites excluding steroid dienone is 1. The van der Waals surface area contributed by atoms with Crippen molar-refractivity contribution in [1.29, 1.82) is 0 Å². The third-order valence-electron chi connectivity index (χ3n) is 4.83. The Morgan fingerprint density at radius 3 is 2.72 bits per heavy atom. The topological polar surface area (TPSA) is 230 Å². The molecule has 0 radical (unpaired) electrons. The molecule has 1 fully saturated rings. The number of aromatic nitrogens is 3. The van der Waals surface area contributed by atoms with Crippen LogP contribution in [0.4, 0.5) is 10.9 Å². The van der Waals surface area contributed by atoms with Gasteiger partial charge in [0.25, 0.3) is 11.8 Å². The molecule has 1 saturated heterocycles. The zero-order valence-corrected chi connectivity index (χ0v) is 20.9. The summed E-state index contributed by atoms with van der Waals surface area (Å²) in [5.41, 5.74) is 9.92. The second-order valence-corrected chi connectivity index (χ2v) is 10.7. The van der Waals surface area contributed by atoms with E-state index in [1.54, 1.807) is 0 Å². The second kappa shape index (κ2) is 10.2. The maximum absolute atomic E-state index is 12.8. The van der Waals surface area contributed by atoms with E-state index in [4.69, 9.17) is 23.1 Å². The molecule has 8 N–H and O–H groups in total. The zero-order chi connectivity index (χ0) is 26.1. The van der Waals surface area contributed by atoms with E-state index in [0.29, 0.717) is 10.6 Å². The minimum Gasteiger partial charge on any atom is -0.477 e. The predicted molar refractivity (Wildman–Crippen MR) is 134 cm³/mol. The van der Waals surface area contributed by atoms with Crippen molar-refractivity contribution in [1.82, 2.24) is 25.2 Å². The van der Waals surface area contributed by atoms with Gasteiger partial charge in [-0.05, 0) is 17.1 Å². The Balaban J connectivity index is 1.50. The summed E-state index contributed by atoms with van der Waals surface area (Å²) in [5.74, 6) is -2.59. The number of halogens is 1. The number of thiazole rings is 1. The first-order valence-corrected chi connectivity index (χ1v) is 12.8. The zero-order valence-electron chi connectivity index (χ0n) is 17.7. The molecule has 0 unspecified atom stereocenters. The number of nitrogen functional groups attached to an aromatic ring is 2. The molecule has 0 aliphatic carbocycles. The van der Waals surface area contributed by atoms with Crippen LogP contribution in [0.25, 0.3) is 0 Å². The van der Waals surface area contributed by atoms with Crippen LogP contribution < -0.4 is 22.5 Å². The molecular weight excluding hydrogens is 556 g/mol. The molecule has 4 heterocycles. The number of nitrogens with one attached hydrogen (secondary N) is 2. The monoisotopic (exact) mass is 570 g/mol. The van der Waals surface area contributed by atoms with Gasteiger partial charge < -0.3 is 27.1 Å². The minimum absolute atomic E-state index is 0.0208. The Labute approximate surface area is 218 Å². The Bertz CT molecular complexity index is 1420. The minimum atomic E-state index is -1.33. The standard InChI is InChI=1S/C18H15ClN8O6S3/c19-12-8(25-17(21)36-12)9(26-33)13(28)24-10-14(29)27-11(16(30)31)5(4-35-15(10)27)1-2-34-7-3-6(20)22-18(32)23-7/h1-3,10,15,33H,4H2,(H2,21,25)(H,24,28)(H,30,31)(H3,20,22,23,32)/b2-1+,26-9?/t10-,15-/m1/s1. The number of anilines is 2. The van der Waals surface area contributed by atoms with E-state index in [2.05, 4.69) is 25.4 Å². The molecule has 2 aromatic rings. The number of oxime groups is 1. The summed E-state index contributed by atoms with van der Waals surface area (Å²) >= 11 is 9.11. The number of H-pyrrole nitrogens is 1. The number of β-lactam (4-membered cyclic amide) rings is 1. The first-order valence-electron chi connectivity index (χ1n) is 9.67. The molecule has 0 aromatic carbocycles. The number of carboxylic acids is 1. The highest BCUT2D eigenvalue weighted by Gasteiger charge is 2.54. The van der Waals surface area contributed by atoms with E-state index < -0.39 is 40.6 Å². The van der Waals surface area contributed by atoms with Crippen molar-refractivity contribution in [2.45, 2.75) is 16.4 Å². The van der Waals surface area contributed by atoms with Crippen LogP contribution in [0.5, 0.6) is 0 Å². The van der Waals surface area contributed by atoms with Crippen LogP contribution >= 0.6 is 46.5 Å². The Kier molecular flexibility index (Phi) is 7.25. The number of rotatable bonds is 7. The van der Waals surface area contributed by atoms with E-state index in [9.17, 15) is 29.5 Å². The van der Waals surface area contributed by atoms with Crippen molar-refractivity contribution in [3.05, 3.63) is 49.3 Å². The molecule has 2 aliphatic rings. The number of carboxylic acid groups (broad SMARTS) is 1. The van der Waals surface area contributed by atoms with Crippen LogP contribution in [-0.4, -0.2) is 70.8 Å². The fourth-order valence-corrected chi connectivity index (χ4v) is 6.29. The molecule has 2 aromatic heterocycles. The number of amides is 2. The summed E-state index contributed by atoms with van der Waals surface area (Å²) in [7, 11) is 0. The lowest BCUT2D eigenvalue weighted by atomic mass is 10.0. The fraction of sp³-hybridized carbons (Fsp3) is 0.167. The number of hydrogen-bond acceptors (Lipinski definition) is 13. The van der Waals surface area contributed by atoms with Gasteiger partial charge in [-0.2, -0.15) is 4.98 Å². The maximum atomic E-state index is 12.8. The van der Waals surface area contributed by atoms with Gasteiger partial charge in [0.2, 0.25) is 0 Å². The van der Waals surface area contributed by atoms with Crippen molar-refractivity contribution < 1.29 is 24.7 Å². The van der Waals surface area contributed by atoms with E-state index >= 15 is 0 Å². The Hall–Kier alpha value is -3.54. The van der Waals surface area contributed by atoms with Gasteiger partial charge in [-0.25, -0.2) is 14.6 Å². The Morgan fingerprint density at radius 1 is 1.36 bits per heavy atom. The highest BCUT2D eigenvalue weighted by atomic mass is 35.5. The van der Waals surface area contributed by atoms with Crippen LogP contribution in [0, 0.1) is 0 Å². The van der Waals surface area contributed by atoms with Crippen molar-refractivity contribution in [3.8, 4) is 0 Å². The van der Waals surface area contributed by atoms with Crippen molar-refractivity contribution in [2.24, 2.45) is 5.16 Å². The lowest BCUT2D eigenvalue weighted by molar-refractivity contribution is -0.150. The third kappa shape index (κ3) is 4.90. The summed E-state index contributed by atoms with van der Waals surface area (Å²) in [4.78, 5) is 59.9. The number of thioether (sulfide) groups is 2. The van der Waals surface area contributed by atoms with Crippen LogP contribution in [-0.2, 0) is 14.4 Å². The Morgan fingerprint density at radius 2 is 2.11 bits per heavy atom. The molecule has 188 valence electrons. The highest BCUT2D eigenvalue weighted by Crippen LogP contribution is 2.41. The molecule has 2 aliphatic heterocycles. The summed E-state index contributed by atoms with van der Waals surface area (Å²) in [6.45, 7) is 0. The van der Waals surface area contributed by atoms with E-state index in [1.165, 1.54) is 29.3 Å². The lowest BCUT2D eigenvalue weighted by Crippen LogP contribution is -2.71. The van der Waals surface area contributed by atoms with Gasteiger partial charge in [0.15, 0.2) is 10.8 Å². The molecular formula is C18H15ClN8O6S3. The van der Waals surface area contributed by atoms with E-state index in [0.717, 1.165) is 28.0 Å². The number of hydrogen-bond donors (Lipinski definition) is 6. The fourth-order valence-electron chi connectivity index (χ4n) is 3.34. The summed E-state index contributed by atoms with van der Waals surface area (Å²) in [6, 6.07) is 0.365. The van der Waals surface area contributed by atoms with Gasteiger partial charge >= 0.3 is 11.7 Å². The second-order valence-electron chi connectivity index (χ2n) is 7.06. The number of fused-ring (bicyclic) bond motifs is 1. The number of aromatic amines is 1. The van der Waals surface area contributed by atoms with Crippen LogP contribution in [0.15, 0.2) is 43.8 Å². The summed E-state index contributed by atoms with van der Waals surface area (Å²) < 4.78 is 0.0208. The van der Waals surface area contributed by atoms with Gasteiger partial charge in [-0.15, -0.1) is 11.8 Å². The van der Waals surface area contributed by atoms with Crippen molar-refractivity contribution in [2.75, 3.05) is 17.2 Å². The number of carbonyl (C=O) groups excluding carboxylic acids is 2. The number of carbonyl (C=O) groups is 3. The van der Waals surface area contributed by atoms with Crippen molar-refractivity contribution in [3.63, 3.8) is 0 Å². The van der Waals surface area contributed by atoms with Gasteiger partial charge in [0, 0.05) is 11.8 Å². The van der Waals surface area contributed by atoms with Crippen LogP contribution in [0.3, 0.4) is 0 Å². The largest absolute Gasteiger partial charge is 0.477 e. The quantitative estimate of drug-likeness (QED) is 0.0657. The first kappa shape index (κ1) is 25.5. The predicted octanol–water partition coefficient (Wildman–Crippen LogP) is 0.267. The molecule has 36 heavy (non-hydrogen) atoms. The van der Waals surface area contributed by atoms with E-state index in [-0.39, 0.29) is 32.4 Å². The molecule has 14 nitrogen and oxygen atoms in total. The average Bonchev–Trinajstić information content (AvgIpc) is 3.14. The molecule has 2 atom stereocenters. The summed E-state index contributed by atoms with van der Waals surface area (Å²) in [6.07, 6.45) is 1.50. The maximum Gasteiger partial charge on any atom is 0.352 e. The van der Waals surface area contributed by atoms with E-state index in [1.807, 2.05) is 0 Å². The molecule has 0 saturated carbocycles. The summed E-state index contributed by atoms with van der Waals surface area (Å²) in [5, 5.41) is 25.6. The van der Waals surface area contributed by atoms with Gasteiger partial charge in [0.1, 0.15) is 38.0 Å². The lowest BCUT2D eigenvalue weighted by Gasteiger charge is -2.49. The van der Waals surface area contributed by atoms with Gasteiger partial charge in [-0.1, -0.05) is 39.9 Å². The molecule has 18 heteroatoms. The van der Waals surface area contributed by atoms with Crippen LogP contribution in [0.1, 0.15) is 5.69 Å². The molecule has 4 rings (SSSR count). The normalized spacial score (nSPS) is 19.9. The van der Waals surface area contributed by atoms with Crippen LogP contribution in [0.2, 0.25) is 4.34 Å². The smallest absolute Gasteiger partial charge is 0.352 e. The molecule has 0 spiro atoms. The molecule has 2 amide bonds. The first-order chi connectivity index (χ1) is 17.1. The van der Waals surface area contributed by atoms with Gasteiger partial charge in [-0.3, -0.25) is 19.5 Å². The number of nitrogens with zero attached hydrogens (tertiary/aromatic N) is 4.